The van der Waals surface area contributed by atoms with Gasteiger partial charge in [-0.25, -0.2) is 12.8 Å². The van der Waals surface area contributed by atoms with Crippen LogP contribution < -0.4 is 14.4 Å². The van der Waals surface area contributed by atoms with Crippen LogP contribution in [-0.2, 0) is 32.6 Å². The Morgan fingerprint density at radius 1 is 1.02 bits per heavy atom. The third kappa shape index (κ3) is 9.19. The maximum absolute atomic E-state index is 14.7. The number of sulfonamides is 1. The lowest BCUT2D eigenvalue weighted by molar-refractivity contribution is -0.141. The largest absolute Gasteiger partial charge is 0.495 e. The Balaban J connectivity index is 1.89. The maximum Gasteiger partial charge on any atom is 0.243 e. The summed E-state index contributed by atoms with van der Waals surface area (Å²) in [7, 11) is -2.26. The number of nitrogens with zero attached hydrogens (tertiary/aromatic N) is 2. The normalized spacial score (nSPS) is 12.1. The Hall–Kier alpha value is -3.63. The van der Waals surface area contributed by atoms with Crippen LogP contribution in [0, 0.1) is 5.82 Å². The van der Waals surface area contributed by atoms with E-state index in [1.807, 2.05) is 44.2 Å². The van der Waals surface area contributed by atoms with Gasteiger partial charge in [0.05, 0.1) is 24.1 Å². The van der Waals surface area contributed by atoms with Gasteiger partial charge in [0.25, 0.3) is 0 Å². The van der Waals surface area contributed by atoms with Crippen LogP contribution in [0.5, 0.6) is 5.75 Å². The van der Waals surface area contributed by atoms with Crippen molar-refractivity contribution >= 4 is 39.1 Å². The summed E-state index contributed by atoms with van der Waals surface area (Å²) in [6.07, 6.45) is 1.36. The van der Waals surface area contributed by atoms with Crippen LogP contribution in [-0.4, -0.2) is 57.1 Å². The van der Waals surface area contributed by atoms with Gasteiger partial charge in [-0.1, -0.05) is 60.1 Å². The van der Waals surface area contributed by atoms with E-state index < -0.39 is 27.8 Å². The number of ether oxygens (including phenoxy) is 1. The van der Waals surface area contributed by atoms with Crippen molar-refractivity contribution in [2.24, 2.45) is 0 Å². The third-order valence-electron chi connectivity index (χ3n) is 6.58. The van der Waals surface area contributed by atoms with Crippen LogP contribution in [0.1, 0.15) is 37.8 Å². The summed E-state index contributed by atoms with van der Waals surface area (Å²) in [6, 6.07) is 18.9. The van der Waals surface area contributed by atoms with Crippen molar-refractivity contribution in [2.45, 2.75) is 51.7 Å². The molecule has 1 atom stereocenters. The summed E-state index contributed by atoms with van der Waals surface area (Å²) in [4.78, 5) is 28.6. The molecule has 0 aliphatic carbocycles. The first kappa shape index (κ1) is 32.9. The molecule has 0 bridgehead atoms. The molecule has 3 aromatic rings. The van der Waals surface area contributed by atoms with Crippen molar-refractivity contribution in [1.29, 1.82) is 0 Å². The smallest absolute Gasteiger partial charge is 0.243 e. The van der Waals surface area contributed by atoms with E-state index in [0.29, 0.717) is 11.4 Å². The van der Waals surface area contributed by atoms with Crippen LogP contribution >= 0.6 is 11.6 Å². The highest BCUT2D eigenvalue weighted by atomic mass is 35.5. The van der Waals surface area contributed by atoms with Crippen LogP contribution in [0.15, 0.2) is 72.8 Å². The molecular weight excluding hydrogens is 581 g/mol. The van der Waals surface area contributed by atoms with Gasteiger partial charge in [-0.15, -0.1) is 0 Å². The molecule has 1 N–H and O–H groups in total. The van der Waals surface area contributed by atoms with Crippen LogP contribution in [0.4, 0.5) is 10.1 Å². The van der Waals surface area contributed by atoms with Crippen molar-refractivity contribution in [2.75, 3.05) is 24.2 Å². The summed E-state index contributed by atoms with van der Waals surface area (Å²) in [5.74, 6) is -0.849. The van der Waals surface area contributed by atoms with Crippen molar-refractivity contribution in [3.8, 4) is 5.75 Å². The molecule has 0 radical (unpaired) electrons. The number of anilines is 1. The van der Waals surface area contributed by atoms with Gasteiger partial charge in [0.1, 0.15) is 17.6 Å². The first-order chi connectivity index (χ1) is 19.9. The Bertz CT molecular complexity index is 1470. The molecular formula is C31H37ClFN3O5S. The van der Waals surface area contributed by atoms with E-state index in [2.05, 4.69) is 5.32 Å². The van der Waals surface area contributed by atoms with Crippen LogP contribution in [0.3, 0.4) is 0 Å². The van der Waals surface area contributed by atoms with E-state index in [1.54, 1.807) is 30.3 Å². The van der Waals surface area contributed by atoms with E-state index in [0.717, 1.165) is 11.8 Å². The lowest BCUT2D eigenvalue weighted by Gasteiger charge is -2.32. The topological polar surface area (TPSA) is 96.0 Å². The molecule has 0 aromatic heterocycles. The van der Waals surface area contributed by atoms with Gasteiger partial charge in [0, 0.05) is 37.5 Å². The standard InChI is InChI=1S/C31H37ClFN3O5S/c1-22(2)34-31(38)28(19-23-11-6-5-7-12-23)35(21-24-13-8-9-14-27(24)33)30(37)15-10-18-36(42(4,39)40)25-16-17-29(41-3)26(32)20-25/h5-9,11-14,16-17,20,22,28H,10,15,18-19,21H2,1-4H3,(H,34,38)/t28-/m1/s1. The molecule has 8 nitrogen and oxygen atoms in total. The SMILES string of the molecule is COc1ccc(N(CCCC(=O)N(Cc2ccccc2F)[C@H](Cc2ccccc2)C(=O)NC(C)C)S(C)(=O)=O)cc1Cl. The molecule has 0 fully saturated rings. The van der Waals surface area contributed by atoms with Crippen LogP contribution in [0.25, 0.3) is 0 Å². The number of methoxy groups -OCH3 is 1. The fourth-order valence-corrected chi connectivity index (χ4v) is 5.77. The number of carbonyl (C=O) groups excluding carboxylic acids is 2. The third-order valence-corrected chi connectivity index (χ3v) is 8.07. The van der Waals surface area contributed by atoms with Crippen molar-refractivity contribution in [3.63, 3.8) is 0 Å². The van der Waals surface area contributed by atoms with E-state index in [-0.39, 0.29) is 54.9 Å². The van der Waals surface area contributed by atoms with Gasteiger partial charge in [0.2, 0.25) is 21.8 Å². The fourth-order valence-electron chi connectivity index (χ4n) is 4.56. The Kier molecular flexibility index (Phi) is 11.8. The fraction of sp³-hybridized carbons (Fsp3) is 0.355. The number of hydrogen-bond acceptors (Lipinski definition) is 5. The molecule has 0 aliphatic heterocycles. The zero-order chi connectivity index (χ0) is 30.9. The summed E-state index contributed by atoms with van der Waals surface area (Å²) in [5, 5.41) is 3.14. The molecule has 226 valence electrons. The number of halogens is 2. The Morgan fingerprint density at radius 3 is 2.29 bits per heavy atom. The highest BCUT2D eigenvalue weighted by Gasteiger charge is 2.31. The van der Waals surface area contributed by atoms with Crippen molar-refractivity contribution in [1.82, 2.24) is 10.2 Å². The first-order valence-electron chi connectivity index (χ1n) is 13.6. The minimum absolute atomic E-state index is 0.0116. The zero-order valence-corrected chi connectivity index (χ0v) is 25.8. The minimum Gasteiger partial charge on any atom is -0.495 e. The second-order valence-electron chi connectivity index (χ2n) is 10.2. The van der Waals surface area contributed by atoms with Crippen LogP contribution in [0.2, 0.25) is 5.02 Å². The van der Waals surface area contributed by atoms with E-state index in [4.69, 9.17) is 16.3 Å². The summed E-state index contributed by atoms with van der Waals surface area (Å²) in [6.45, 7) is 3.51. The highest BCUT2D eigenvalue weighted by Crippen LogP contribution is 2.30. The average molecular weight is 618 g/mol. The number of carbonyl (C=O) groups is 2. The van der Waals surface area contributed by atoms with Gasteiger partial charge >= 0.3 is 0 Å². The number of benzene rings is 3. The minimum atomic E-state index is -3.72. The molecule has 11 heteroatoms. The molecule has 0 spiro atoms. The molecule has 3 aromatic carbocycles. The second-order valence-corrected chi connectivity index (χ2v) is 12.6. The highest BCUT2D eigenvalue weighted by molar-refractivity contribution is 7.92. The quantitative estimate of drug-likeness (QED) is 0.268. The number of rotatable bonds is 14. The molecule has 0 aliphatic rings. The molecule has 42 heavy (non-hydrogen) atoms. The van der Waals surface area contributed by atoms with E-state index >= 15 is 0 Å². The van der Waals surface area contributed by atoms with Gasteiger partial charge < -0.3 is 15.0 Å². The van der Waals surface area contributed by atoms with Gasteiger partial charge in [-0.05, 0) is 50.1 Å². The van der Waals surface area contributed by atoms with E-state index in [9.17, 15) is 22.4 Å². The molecule has 0 unspecified atom stereocenters. The van der Waals surface area contributed by atoms with E-state index in [1.165, 1.54) is 28.4 Å². The second kappa shape index (κ2) is 15.0. The zero-order valence-electron chi connectivity index (χ0n) is 24.2. The first-order valence-corrected chi connectivity index (χ1v) is 15.8. The van der Waals surface area contributed by atoms with Crippen molar-refractivity contribution < 1.29 is 27.1 Å². The summed E-state index contributed by atoms with van der Waals surface area (Å²) in [5.41, 5.74) is 1.44. The number of amides is 2. The predicted octanol–water partition coefficient (Wildman–Crippen LogP) is 5.20. The van der Waals surface area contributed by atoms with Gasteiger partial charge in [0.15, 0.2) is 0 Å². The predicted molar refractivity (Wildman–Crippen MR) is 164 cm³/mol. The lowest BCUT2D eigenvalue weighted by atomic mass is 10.0. The molecule has 3 rings (SSSR count). The molecule has 0 saturated carbocycles. The number of nitrogens with one attached hydrogen (secondary N) is 1. The Labute approximate surface area is 252 Å². The molecule has 0 saturated heterocycles. The lowest BCUT2D eigenvalue weighted by Crippen LogP contribution is -2.52. The monoisotopic (exact) mass is 617 g/mol. The number of hydrogen-bond donors (Lipinski definition) is 1. The Morgan fingerprint density at radius 2 is 1.69 bits per heavy atom. The molecule has 0 heterocycles. The van der Waals surface area contributed by atoms with Gasteiger partial charge in [-0.2, -0.15) is 0 Å². The maximum atomic E-state index is 14.7. The van der Waals surface area contributed by atoms with Gasteiger partial charge in [-0.3, -0.25) is 13.9 Å². The summed E-state index contributed by atoms with van der Waals surface area (Å²) >= 11 is 6.23. The molecule has 2 amide bonds. The average Bonchev–Trinajstić information content (AvgIpc) is 2.93. The summed E-state index contributed by atoms with van der Waals surface area (Å²) < 4.78 is 46.4. The van der Waals surface area contributed by atoms with Crippen molar-refractivity contribution in [3.05, 3.63) is 94.8 Å².